The van der Waals surface area contributed by atoms with Gasteiger partial charge >= 0.3 is 0 Å². The van der Waals surface area contributed by atoms with Crippen LogP contribution in [-0.4, -0.2) is 39.2 Å². The van der Waals surface area contributed by atoms with E-state index in [2.05, 4.69) is 26.0 Å². The normalized spacial score (nSPS) is 11.1. The fraction of sp³-hybridized carbons (Fsp3) is 0.353. The average Bonchev–Trinajstić information content (AvgIpc) is 3.08. The van der Waals surface area contributed by atoms with E-state index in [0.29, 0.717) is 22.9 Å². The molecule has 3 aromatic rings. The van der Waals surface area contributed by atoms with Crippen molar-refractivity contribution in [2.24, 2.45) is 7.05 Å². The van der Waals surface area contributed by atoms with E-state index in [4.69, 9.17) is 9.15 Å². The van der Waals surface area contributed by atoms with Gasteiger partial charge in [0.1, 0.15) is 5.76 Å². The van der Waals surface area contributed by atoms with E-state index in [-0.39, 0.29) is 12.5 Å². The zero-order valence-electron chi connectivity index (χ0n) is 14.5. The lowest BCUT2D eigenvalue weighted by molar-refractivity contribution is -0.132. The Morgan fingerprint density at radius 2 is 2.16 bits per heavy atom. The number of amides is 1. The SMILES string of the molecule is Cc1cc(C)c2c(OCC(=O)N(C)Cc3ccc(Br)o3)nn(C)c2n1. The first-order valence-electron chi connectivity index (χ1n) is 7.77. The third-order valence-electron chi connectivity index (χ3n) is 3.87. The maximum absolute atomic E-state index is 12.3. The lowest BCUT2D eigenvalue weighted by atomic mass is 10.2. The van der Waals surface area contributed by atoms with Crippen molar-refractivity contribution < 1.29 is 13.9 Å². The standard InChI is InChI=1S/C17H19BrN4O3/c1-10-7-11(2)19-16-15(10)17(20-22(16)4)24-9-14(23)21(3)8-12-5-6-13(18)25-12/h5-7H,8-9H2,1-4H3. The van der Waals surface area contributed by atoms with E-state index >= 15 is 0 Å². The summed E-state index contributed by atoms with van der Waals surface area (Å²) in [6, 6.07) is 5.58. The third-order valence-corrected chi connectivity index (χ3v) is 4.29. The lowest BCUT2D eigenvalue weighted by Gasteiger charge is -2.15. The lowest BCUT2D eigenvalue weighted by Crippen LogP contribution is -2.30. The molecular weight excluding hydrogens is 388 g/mol. The predicted octanol–water partition coefficient (Wildman–Crippen LogP) is 2.98. The highest BCUT2D eigenvalue weighted by atomic mass is 79.9. The summed E-state index contributed by atoms with van der Waals surface area (Å²) in [6.45, 7) is 4.19. The van der Waals surface area contributed by atoms with Crippen LogP contribution in [0.1, 0.15) is 17.0 Å². The highest BCUT2D eigenvalue weighted by Crippen LogP contribution is 2.27. The van der Waals surface area contributed by atoms with Gasteiger partial charge in [0.25, 0.3) is 5.91 Å². The van der Waals surface area contributed by atoms with Gasteiger partial charge in [-0.1, -0.05) is 0 Å². The number of furan rings is 1. The predicted molar refractivity (Wildman–Crippen MR) is 96.4 cm³/mol. The Bertz CT molecular complexity index is 932. The summed E-state index contributed by atoms with van der Waals surface area (Å²) in [4.78, 5) is 18.3. The minimum atomic E-state index is -0.163. The molecular formula is C17H19BrN4O3. The van der Waals surface area contributed by atoms with Gasteiger partial charge in [-0.05, 0) is 53.5 Å². The van der Waals surface area contributed by atoms with Crippen LogP contribution >= 0.6 is 15.9 Å². The van der Waals surface area contributed by atoms with E-state index in [1.54, 1.807) is 22.7 Å². The second-order valence-electron chi connectivity index (χ2n) is 5.95. The van der Waals surface area contributed by atoms with Crippen LogP contribution in [0, 0.1) is 13.8 Å². The van der Waals surface area contributed by atoms with E-state index < -0.39 is 0 Å². The molecule has 3 rings (SSSR count). The second-order valence-corrected chi connectivity index (χ2v) is 6.73. The van der Waals surface area contributed by atoms with Crippen LogP contribution in [0.25, 0.3) is 11.0 Å². The molecule has 0 radical (unpaired) electrons. The molecule has 0 atom stereocenters. The largest absolute Gasteiger partial charge is 0.466 e. The quantitative estimate of drug-likeness (QED) is 0.650. The van der Waals surface area contributed by atoms with Crippen LogP contribution in [0.3, 0.4) is 0 Å². The minimum absolute atomic E-state index is 0.0994. The summed E-state index contributed by atoms with van der Waals surface area (Å²) >= 11 is 3.25. The van der Waals surface area contributed by atoms with Gasteiger partial charge < -0.3 is 14.1 Å². The fourth-order valence-corrected chi connectivity index (χ4v) is 2.99. The molecule has 0 bridgehead atoms. The van der Waals surface area contributed by atoms with Gasteiger partial charge in [0, 0.05) is 19.8 Å². The van der Waals surface area contributed by atoms with Crippen molar-refractivity contribution in [2.45, 2.75) is 20.4 Å². The van der Waals surface area contributed by atoms with E-state index in [0.717, 1.165) is 22.3 Å². The minimum Gasteiger partial charge on any atom is -0.466 e. The first-order chi connectivity index (χ1) is 11.8. The van der Waals surface area contributed by atoms with Gasteiger partial charge in [-0.15, -0.1) is 5.10 Å². The molecule has 0 unspecified atom stereocenters. The van der Waals surface area contributed by atoms with Crippen molar-refractivity contribution in [3.05, 3.63) is 39.9 Å². The van der Waals surface area contributed by atoms with E-state index in [1.807, 2.05) is 33.0 Å². The molecule has 132 valence electrons. The number of rotatable bonds is 5. The monoisotopic (exact) mass is 406 g/mol. The van der Waals surface area contributed by atoms with Crippen LogP contribution in [0.4, 0.5) is 0 Å². The summed E-state index contributed by atoms with van der Waals surface area (Å²) in [5.74, 6) is 0.954. The number of ether oxygens (including phenoxy) is 1. The Morgan fingerprint density at radius 3 is 2.84 bits per heavy atom. The number of halogens is 1. The van der Waals surface area contributed by atoms with Crippen LogP contribution in [0.15, 0.2) is 27.3 Å². The molecule has 8 heteroatoms. The van der Waals surface area contributed by atoms with Crippen molar-refractivity contribution in [3.63, 3.8) is 0 Å². The zero-order valence-corrected chi connectivity index (χ0v) is 16.1. The third kappa shape index (κ3) is 3.68. The smallest absolute Gasteiger partial charge is 0.260 e. The molecule has 3 heterocycles. The Hall–Kier alpha value is -2.35. The number of fused-ring (bicyclic) bond motifs is 1. The fourth-order valence-electron chi connectivity index (χ4n) is 2.65. The summed E-state index contributed by atoms with van der Waals surface area (Å²) in [5.41, 5.74) is 2.68. The van der Waals surface area contributed by atoms with Crippen LogP contribution in [0.2, 0.25) is 0 Å². The summed E-state index contributed by atoms with van der Waals surface area (Å²) < 4.78 is 13.4. The van der Waals surface area contributed by atoms with Crippen LogP contribution in [-0.2, 0) is 18.4 Å². The van der Waals surface area contributed by atoms with Gasteiger partial charge in [0.2, 0.25) is 5.88 Å². The molecule has 0 aliphatic heterocycles. The molecule has 0 saturated carbocycles. The Morgan fingerprint density at radius 1 is 1.40 bits per heavy atom. The maximum atomic E-state index is 12.3. The number of nitrogens with zero attached hydrogens (tertiary/aromatic N) is 4. The number of likely N-dealkylation sites (N-methyl/N-ethyl adjacent to an activating group) is 1. The second kappa shape index (κ2) is 6.87. The van der Waals surface area contributed by atoms with Crippen molar-refractivity contribution in [1.82, 2.24) is 19.7 Å². The topological polar surface area (TPSA) is 73.4 Å². The molecule has 0 aliphatic rings. The molecule has 0 aromatic carbocycles. The van der Waals surface area contributed by atoms with Gasteiger partial charge in [-0.2, -0.15) is 0 Å². The Balaban J connectivity index is 1.71. The first kappa shape index (κ1) is 17.5. The maximum Gasteiger partial charge on any atom is 0.260 e. The Kier molecular flexibility index (Phi) is 4.80. The van der Waals surface area contributed by atoms with E-state index in [1.165, 1.54) is 0 Å². The number of aromatic nitrogens is 3. The first-order valence-corrected chi connectivity index (χ1v) is 8.56. The van der Waals surface area contributed by atoms with Crippen LogP contribution in [0.5, 0.6) is 5.88 Å². The average molecular weight is 407 g/mol. The van der Waals surface area contributed by atoms with Gasteiger partial charge in [0.15, 0.2) is 16.9 Å². The van der Waals surface area contributed by atoms with Gasteiger partial charge in [-0.3, -0.25) is 4.79 Å². The van der Waals surface area contributed by atoms with E-state index in [9.17, 15) is 4.79 Å². The number of hydrogen-bond donors (Lipinski definition) is 0. The number of aryl methyl sites for hydroxylation is 3. The zero-order chi connectivity index (χ0) is 18.1. The van der Waals surface area contributed by atoms with Gasteiger partial charge in [0.05, 0.1) is 11.9 Å². The molecule has 7 nitrogen and oxygen atoms in total. The number of hydrogen-bond acceptors (Lipinski definition) is 5. The van der Waals surface area contributed by atoms with Crippen molar-refractivity contribution >= 4 is 32.9 Å². The molecule has 0 saturated heterocycles. The number of pyridine rings is 1. The van der Waals surface area contributed by atoms with Crippen molar-refractivity contribution in [1.29, 1.82) is 0 Å². The summed E-state index contributed by atoms with van der Waals surface area (Å²) in [5, 5.41) is 5.18. The van der Waals surface area contributed by atoms with Crippen LogP contribution < -0.4 is 4.74 Å². The molecule has 0 spiro atoms. The molecule has 0 N–H and O–H groups in total. The summed E-state index contributed by atoms with van der Waals surface area (Å²) in [6.07, 6.45) is 0. The highest BCUT2D eigenvalue weighted by Gasteiger charge is 2.17. The van der Waals surface area contributed by atoms with Gasteiger partial charge in [-0.25, -0.2) is 9.67 Å². The molecule has 25 heavy (non-hydrogen) atoms. The van der Waals surface area contributed by atoms with Crippen molar-refractivity contribution in [2.75, 3.05) is 13.7 Å². The van der Waals surface area contributed by atoms with Crippen molar-refractivity contribution in [3.8, 4) is 5.88 Å². The number of carbonyl (C=O) groups excluding carboxylic acids is 1. The molecule has 0 aliphatic carbocycles. The molecule has 1 amide bonds. The number of carbonyl (C=O) groups is 1. The highest BCUT2D eigenvalue weighted by molar-refractivity contribution is 9.10. The summed E-state index contributed by atoms with van der Waals surface area (Å²) in [7, 11) is 3.51. The molecule has 3 aromatic heterocycles. The molecule has 0 fully saturated rings. The Labute approximate surface area is 153 Å².